The van der Waals surface area contributed by atoms with Crippen LogP contribution in [0, 0.1) is 0 Å². The SMILES string of the molecule is CC(NCc1ccc2ncccc2c1)c1cccs1. The van der Waals surface area contributed by atoms with Crippen molar-refractivity contribution in [3.05, 3.63) is 64.5 Å². The van der Waals surface area contributed by atoms with Gasteiger partial charge in [-0.2, -0.15) is 0 Å². The molecule has 19 heavy (non-hydrogen) atoms. The number of benzene rings is 1. The molecule has 0 fully saturated rings. The Kier molecular flexibility index (Phi) is 3.58. The van der Waals surface area contributed by atoms with Gasteiger partial charge < -0.3 is 5.32 Å². The van der Waals surface area contributed by atoms with Crippen molar-refractivity contribution < 1.29 is 0 Å². The van der Waals surface area contributed by atoms with Crippen molar-refractivity contribution in [1.29, 1.82) is 0 Å². The molecule has 1 unspecified atom stereocenters. The lowest BCUT2D eigenvalue weighted by Gasteiger charge is -2.12. The van der Waals surface area contributed by atoms with Gasteiger partial charge in [-0.15, -0.1) is 11.3 Å². The second-order valence-corrected chi connectivity index (χ2v) is 5.63. The van der Waals surface area contributed by atoms with E-state index >= 15 is 0 Å². The summed E-state index contributed by atoms with van der Waals surface area (Å²) in [5, 5.41) is 6.88. The van der Waals surface area contributed by atoms with Crippen molar-refractivity contribution >= 4 is 22.2 Å². The molecule has 1 aromatic carbocycles. The third-order valence-electron chi connectivity index (χ3n) is 3.25. The van der Waals surface area contributed by atoms with Gasteiger partial charge in [-0.25, -0.2) is 0 Å². The Morgan fingerprint density at radius 1 is 1.21 bits per heavy atom. The molecule has 0 aliphatic heterocycles. The lowest BCUT2D eigenvalue weighted by atomic mass is 10.1. The molecule has 0 radical (unpaired) electrons. The van der Waals surface area contributed by atoms with Crippen LogP contribution >= 0.6 is 11.3 Å². The summed E-state index contributed by atoms with van der Waals surface area (Å²) >= 11 is 1.80. The second-order valence-electron chi connectivity index (χ2n) is 4.65. The number of pyridine rings is 1. The van der Waals surface area contributed by atoms with Crippen LogP contribution in [0.2, 0.25) is 0 Å². The average Bonchev–Trinajstić information content (AvgIpc) is 2.99. The normalized spacial score (nSPS) is 12.7. The van der Waals surface area contributed by atoms with Gasteiger partial charge in [0.05, 0.1) is 5.52 Å². The minimum absolute atomic E-state index is 0.393. The first kappa shape index (κ1) is 12.3. The molecule has 2 heterocycles. The van der Waals surface area contributed by atoms with Crippen LogP contribution in [0.3, 0.4) is 0 Å². The second kappa shape index (κ2) is 5.51. The molecule has 0 amide bonds. The Balaban J connectivity index is 1.71. The van der Waals surface area contributed by atoms with Crippen LogP contribution in [0.1, 0.15) is 23.4 Å². The van der Waals surface area contributed by atoms with Gasteiger partial charge >= 0.3 is 0 Å². The van der Waals surface area contributed by atoms with Gasteiger partial charge in [0.1, 0.15) is 0 Å². The number of nitrogens with one attached hydrogen (secondary N) is 1. The molecule has 3 heteroatoms. The zero-order chi connectivity index (χ0) is 13.1. The number of thiophene rings is 1. The van der Waals surface area contributed by atoms with Crippen molar-refractivity contribution in [3.63, 3.8) is 0 Å². The summed E-state index contributed by atoms with van der Waals surface area (Å²) in [6, 6.07) is 15.2. The first-order chi connectivity index (χ1) is 9.33. The molecule has 1 N–H and O–H groups in total. The molecular weight excluding hydrogens is 252 g/mol. The highest BCUT2D eigenvalue weighted by Crippen LogP contribution is 2.19. The van der Waals surface area contributed by atoms with E-state index in [0.717, 1.165) is 12.1 Å². The quantitative estimate of drug-likeness (QED) is 0.769. The number of aromatic nitrogens is 1. The molecule has 96 valence electrons. The molecule has 0 aliphatic carbocycles. The van der Waals surface area contributed by atoms with E-state index in [0.29, 0.717) is 6.04 Å². The fourth-order valence-electron chi connectivity index (χ4n) is 2.14. The topological polar surface area (TPSA) is 24.9 Å². The zero-order valence-electron chi connectivity index (χ0n) is 10.8. The maximum atomic E-state index is 4.34. The molecule has 3 rings (SSSR count). The van der Waals surface area contributed by atoms with Crippen LogP contribution in [0.4, 0.5) is 0 Å². The van der Waals surface area contributed by atoms with E-state index in [-0.39, 0.29) is 0 Å². The highest BCUT2D eigenvalue weighted by molar-refractivity contribution is 7.10. The summed E-state index contributed by atoms with van der Waals surface area (Å²) in [6.45, 7) is 3.08. The minimum Gasteiger partial charge on any atom is -0.305 e. The first-order valence-corrected chi connectivity index (χ1v) is 7.31. The van der Waals surface area contributed by atoms with E-state index in [1.165, 1.54) is 15.8 Å². The molecule has 2 nitrogen and oxygen atoms in total. The maximum absolute atomic E-state index is 4.34. The Bertz CT molecular complexity index is 661. The summed E-state index contributed by atoms with van der Waals surface area (Å²) in [7, 11) is 0. The lowest BCUT2D eigenvalue weighted by molar-refractivity contribution is 0.583. The van der Waals surface area contributed by atoms with E-state index < -0.39 is 0 Å². The smallest absolute Gasteiger partial charge is 0.0702 e. The average molecular weight is 268 g/mol. The van der Waals surface area contributed by atoms with Gasteiger partial charge in [-0.3, -0.25) is 4.98 Å². The molecule has 0 aliphatic rings. The molecule has 0 saturated carbocycles. The molecule has 2 aromatic heterocycles. The summed E-state index contributed by atoms with van der Waals surface area (Å²) in [4.78, 5) is 5.72. The standard InChI is InChI=1S/C16H16N2S/c1-12(16-5-3-9-19-16)18-11-13-6-7-15-14(10-13)4-2-8-17-15/h2-10,12,18H,11H2,1H3. The van der Waals surface area contributed by atoms with Crippen molar-refractivity contribution in [1.82, 2.24) is 10.3 Å². The van der Waals surface area contributed by atoms with Gasteiger partial charge in [0.15, 0.2) is 0 Å². The molecule has 0 saturated heterocycles. The molecule has 3 aromatic rings. The number of rotatable bonds is 4. The van der Waals surface area contributed by atoms with Crippen LogP contribution < -0.4 is 5.32 Å². The summed E-state index contributed by atoms with van der Waals surface area (Å²) in [6.07, 6.45) is 1.83. The van der Waals surface area contributed by atoms with Gasteiger partial charge in [0.2, 0.25) is 0 Å². The number of hydrogen-bond donors (Lipinski definition) is 1. The lowest BCUT2D eigenvalue weighted by Crippen LogP contribution is -2.17. The minimum atomic E-state index is 0.393. The van der Waals surface area contributed by atoms with Crippen molar-refractivity contribution in [2.45, 2.75) is 19.5 Å². The summed E-state index contributed by atoms with van der Waals surface area (Å²) in [5.41, 5.74) is 2.35. The predicted molar refractivity (Wildman–Crippen MR) is 81.3 cm³/mol. The number of nitrogens with zero attached hydrogens (tertiary/aromatic N) is 1. The van der Waals surface area contributed by atoms with E-state index in [1.54, 1.807) is 11.3 Å². The van der Waals surface area contributed by atoms with Crippen molar-refractivity contribution in [3.8, 4) is 0 Å². The first-order valence-electron chi connectivity index (χ1n) is 6.43. The zero-order valence-corrected chi connectivity index (χ0v) is 11.7. The number of hydrogen-bond acceptors (Lipinski definition) is 3. The molecule has 0 spiro atoms. The largest absolute Gasteiger partial charge is 0.305 e. The third-order valence-corrected chi connectivity index (χ3v) is 4.30. The fourth-order valence-corrected chi connectivity index (χ4v) is 2.90. The predicted octanol–water partition coefficient (Wildman–Crippen LogP) is 4.15. The van der Waals surface area contributed by atoms with E-state index in [4.69, 9.17) is 0 Å². The highest BCUT2D eigenvalue weighted by atomic mass is 32.1. The van der Waals surface area contributed by atoms with Crippen LogP contribution in [0.15, 0.2) is 54.0 Å². The Labute approximate surface area is 117 Å². The summed E-state index contributed by atoms with van der Waals surface area (Å²) < 4.78 is 0. The van der Waals surface area contributed by atoms with Crippen LogP contribution in [-0.4, -0.2) is 4.98 Å². The Hall–Kier alpha value is -1.71. The van der Waals surface area contributed by atoms with E-state index in [2.05, 4.69) is 59.0 Å². The van der Waals surface area contributed by atoms with Crippen LogP contribution in [-0.2, 0) is 6.54 Å². The maximum Gasteiger partial charge on any atom is 0.0702 e. The Morgan fingerprint density at radius 2 is 2.16 bits per heavy atom. The number of fused-ring (bicyclic) bond motifs is 1. The van der Waals surface area contributed by atoms with Gasteiger partial charge in [-0.1, -0.05) is 18.2 Å². The van der Waals surface area contributed by atoms with Gasteiger partial charge in [0, 0.05) is 29.0 Å². The monoisotopic (exact) mass is 268 g/mol. The summed E-state index contributed by atoms with van der Waals surface area (Å²) in [5.74, 6) is 0. The van der Waals surface area contributed by atoms with Crippen molar-refractivity contribution in [2.75, 3.05) is 0 Å². The highest BCUT2D eigenvalue weighted by Gasteiger charge is 2.05. The van der Waals surface area contributed by atoms with Crippen LogP contribution in [0.25, 0.3) is 10.9 Å². The molecular formula is C16H16N2S. The van der Waals surface area contributed by atoms with E-state index in [1.807, 2.05) is 12.3 Å². The van der Waals surface area contributed by atoms with Gasteiger partial charge in [-0.05, 0) is 42.1 Å². The molecule has 0 bridgehead atoms. The Morgan fingerprint density at radius 3 is 3.00 bits per heavy atom. The third kappa shape index (κ3) is 2.83. The molecule has 1 atom stereocenters. The van der Waals surface area contributed by atoms with Crippen LogP contribution in [0.5, 0.6) is 0 Å². The fraction of sp³-hybridized carbons (Fsp3) is 0.188. The van der Waals surface area contributed by atoms with E-state index in [9.17, 15) is 0 Å². The van der Waals surface area contributed by atoms with Gasteiger partial charge in [0.25, 0.3) is 0 Å². The van der Waals surface area contributed by atoms with Crippen molar-refractivity contribution in [2.24, 2.45) is 0 Å².